The molecule has 1 aliphatic carbocycles. The molecule has 1 aliphatic rings. The lowest BCUT2D eigenvalue weighted by atomic mass is 9.81. The van der Waals surface area contributed by atoms with Gasteiger partial charge in [0.05, 0.1) is 11.7 Å². The van der Waals surface area contributed by atoms with Crippen molar-refractivity contribution in [2.75, 3.05) is 0 Å². The molecule has 36 heavy (non-hydrogen) atoms. The molecule has 0 saturated heterocycles. The zero-order valence-electron chi connectivity index (χ0n) is 21.2. The van der Waals surface area contributed by atoms with Gasteiger partial charge in [0.2, 0.25) is 0 Å². The highest BCUT2D eigenvalue weighted by Gasteiger charge is 2.24. The number of benzene rings is 2. The van der Waals surface area contributed by atoms with Crippen LogP contribution in [0.25, 0.3) is 21.1 Å². The van der Waals surface area contributed by atoms with E-state index in [1.165, 1.54) is 16.9 Å². The molecule has 8 heteroatoms. The van der Waals surface area contributed by atoms with Crippen LogP contribution in [0.3, 0.4) is 0 Å². The van der Waals surface area contributed by atoms with E-state index in [0.29, 0.717) is 11.3 Å². The Bertz CT molecular complexity index is 1330. The van der Waals surface area contributed by atoms with Gasteiger partial charge < -0.3 is 9.47 Å². The van der Waals surface area contributed by atoms with Crippen molar-refractivity contribution in [2.24, 2.45) is 4.99 Å². The molecule has 0 bridgehead atoms. The molecule has 1 amide bonds. The predicted octanol–water partition coefficient (Wildman–Crippen LogP) is 6.96. The third-order valence-electron chi connectivity index (χ3n) is 5.67. The molecule has 7 nitrogen and oxygen atoms in total. The SMILES string of the molecule is CC(C)Oc1ccc(-c2nnc(-c3cccc4c3CCCC4C=NC(=O)OC(C)(C)C)s2)cc1C#N. The maximum atomic E-state index is 12.1. The Kier molecular flexibility index (Phi) is 7.51. The zero-order valence-corrected chi connectivity index (χ0v) is 22.1. The number of carbonyl (C=O) groups is 1. The summed E-state index contributed by atoms with van der Waals surface area (Å²) in [5.74, 6) is 0.609. The number of nitrogens with zero attached hydrogens (tertiary/aromatic N) is 4. The van der Waals surface area contributed by atoms with Gasteiger partial charge in [-0.15, -0.1) is 10.2 Å². The molecule has 1 unspecified atom stereocenters. The second-order valence-electron chi connectivity index (χ2n) is 10.0. The largest absolute Gasteiger partial charge is 0.490 e. The molecule has 0 fully saturated rings. The van der Waals surface area contributed by atoms with E-state index in [0.717, 1.165) is 46.0 Å². The van der Waals surface area contributed by atoms with Crippen molar-refractivity contribution in [1.29, 1.82) is 5.26 Å². The lowest BCUT2D eigenvalue weighted by molar-refractivity contribution is 0.0604. The first-order valence-corrected chi connectivity index (χ1v) is 12.9. The van der Waals surface area contributed by atoms with Crippen LogP contribution in [0.15, 0.2) is 41.4 Å². The molecule has 3 aromatic rings. The average molecular weight is 503 g/mol. The van der Waals surface area contributed by atoms with Crippen molar-refractivity contribution in [1.82, 2.24) is 10.2 Å². The van der Waals surface area contributed by atoms with E-state index in [1.807, 2.05) is 52.8 Å². The van der Waals surface area contributed by atoms with E-state index in [2.05, 4.69) is 33.4 Å². The van der Waals surface area contributed by atoms with Gasteiger partial charge in [-0.1, -0.05) is 29.5 Å². The van der Waals surface area contributed by atoms with E-state index in [4.69, 9.17) is 9.47 Å². The molecule has 4 rings (SSSR count). The van der Waals surface area contributed by atoms with Gasteiger partial charge in [-0.05, 0) is 83.2 Å². The first-order chi connectivity index (χ1) is 17.1. The van der Waals surface area contributed by atoms with Crippen molar-refractivity contribution in [3.05, 3.63) is 53.1 Å². The number of carbonyl (C=O) groups excluding carboxylic acids is 1. The van der Waals surface area contributed by atoms with Crippen LogP contribution in [-0.4, -0.2) is 34.2 Å². The monoisotopic (exact) mass is 502 g/mol. The topological polar surface area (TPSA) is 97.5 Å². The van der Waals surface area contributed by atoms with E-state index in [-0.39, 0.29) is 12.0 Å². The molecule has 0 spiro atoms. The quantitative estimate of drug-likeness (QED) is 0.350. The Labute approximate surface area is 215 Å². The fraction of sp³-hybridized carbons (Fsp3) is 0.393. The minimum Gasteiger partial charge on any atom is -0.490 e. The van der Waals surface area contributed by atoms with Gasteiger partial charge in [0.15, 0.2) is 0 Å². The highest BCUT2D eigenvalue weighted by molar-refractivity contribution is 7.17. The molecular weight excluding hydrogens is 472 g/mol. The van der Waals surface area contributed by atoms with Gasteiger partial charge >= 0.3 is 6.09 Å². The summed E-state index contributed by atoms with van der Waals surface area (Å²) >= 11 is 1.50. The number of hydrogen-bond donors (Lipinski definition) is 0. The Hall–Kier alpha value is -3.57. The number of ether oxygens (including phenoxy) is 2. The number of aliphatic imine (C=N–C) groups is 1. The maximum absolute atomic E-state index is 12.1. The number of amides is 1. The highest BCUT2D eigenvalue weighted by atomic mass is 32.1. The van der Waals surface area contributed by atoms with E-state index in [9.17, 15) is 10.1 Å². The Morgan fingerprint density at radius 2 is 2.00 bits per heavy atom. The first kappa shape index (κ1) is 25.5. The van der Waals surface area contributed by atoms with Gasteiger partial charge in [0.25, 0.3) is 0 Å². The zero-order chi connectivity index (χ0) is 25.9. The normalized spacial score (nSPS) is 15.5. The van der Waals surface area contributed by atoms with Crippen LogP contribution in [0.4, 0.5) is 4.79 Å². The molecule has 1 aromatic heterocycles. The number of aromatic nitrogens is 2. The van der Waals surface area contributed by atoms with Crippen molar-refractivity contribution in [3.8, 4) is 33.0 Å². The molecule has 1 heterocycles. The van der Waals surface area contributed by atoms with Crippen molar-refractivity contribution >= 4 is 23.6 Å². The van der Waals surface area contributed by atoms with Crippen molar-refractivity contribution in [3.63, 3.8) is 0 Å². The van der Waals surface area contributed by atoms with Crippen molar-refractivity contribution < 1.29 is 14.3 Å². The second-order valence-corrected chi connectivity index (χ2v) is 11.0. The summed E-state index contributed by atoms with van der Waals surface area (Å²) in [4.78, 5) is 16.2. The summed E-state index contributed by atoms with van der Waals surface area (Å²) in [6, 6.07) is 13.9. The molecule has 0 saturated carbocycles. The lowest BCUT2D eigenvalue weighted by Gasteiger charge is -2.24. The van der Waals surface area contributed by atoms with Gasteiger partial charge in [-0.25, -0.2) is 4.79 Å². The number of rotatable bonds is 5. The lowest BCUT2D eigenvalue weighted by Crippen LogP contribution is -2.22. The molecule has 1 atom stereocenters. The third-order valence-corrected chi connectivity index (χ3v) is 6.68. The number of hydrogen-bond acceptors (Lipinski definition) is 7. The van der Waals surface area contributed by atoms with Gasteiger partial charge in [0, 0.05) is 23.3 Å². The summed E-state index contributed by atoms with van der Waals surface area (Å²) in [6.45, 7) is 9.34. The Morgan fingerprint density at radius 3 is 2.72 bits per heavy atom. The second kappa shape index (κ2) is 10.6. The maximum Gasteiger partial charge on any atom is 0.433 e. The molecule has 0 N–H and O–H groups in total. The van der Waals surface area contributed by atoms with Crippen LogP contribution >= 0.6 is 11.3 Å². The van der Waals surface area contributed by atoms with Gasteiger partial charge in [-0.2, -0.15) is 10.3 Å². The summed E-state index contributed by atoms with van der Waals surface area (Å²) < 4.78 is 11.1. The smallest absolute Gasteiger partial charge is 0.433 e. The Morgan fingerprint density at radius 1 is 1.22 bits per heavy atom. The van der Waals surface area contributed by atoms with Crippen LogP contribution in [-0.2, 0) is 11.2 Å². The minimum atomic E-state index is -0.572. The fourth-order valence-electron chi connectivity index (χ4n) is 4.24. The van der Waals surface area contributed by atoms with Crippen LogP contribution in [0, 0.1) is 11.3 Å². The summed E-state index contributed by atoms with van der Waals surface area (Å²) in [5.41, 5.74) is 4.15. The summed E-state index contributed by atoms with van der Waals surface area (Å²) in [7, 11) is 0. The molecular formula is C28H30N4O3S. The number of nitriles is 1. The highest BCUT2D eigenvalue weighted by Crippen LogP contribution is 2.39. The summed E-state index contributed by atoms with van der Waals surface area (Å²) in [5, 5.41) is 20.0. The van der Waals surface area contributed by atoms with Gasteiger partial charge in [0.1, 0.15) is 27.4 Å². The molecule has 186 valence electrons. The van der Waals surface area contributed by atoms with Crippen LogP contribution in [0.2, 0.25) is 0 Å². The molecule has 0 aliphatic heterocycles. The van der Waals surface area contributed by atoms with E-state index >= 15 is 0 Å². The van der Waals surface area contributed by atoms with Crippen molar-refractivity contribution in [2.45, 2.75) is 71.5 Å². The Balaban J connectivity index is 1.61. The molecule has 2 aromatic carbocycles. The average Bonchev–Trinajstić information content (AvgIpc) is 3.31. The fourth-order valence-corrected chi connectivity index (χ4v) is 5.13. The molecule has 0 radical (unpaired) electrons. The predicted molar refractivity (Wildman–Crippen MR) is 142 cm³/mol. The van der Waals surface area contributed by atoms with Crippen LogP contribution in [0.1, 0.15) is 70.1 Å². The number of fused-ring (bicyclic) bond motifs is 1. The van der Waals surface area contributed by atoms with Gasteiger partial charge in [-0.3, -0.25) is 0 Å². The summed E-state index contributed by atoms with van der Waals surface area (Å²) in [6.07, 6.45) is 3.97. The minimum absolute atomic E-state index is 0.0154. The third kappa shape index (κ3) is 5.97. The van der Waals surface area contributed by atoms with Crippen LogP contribution in [0.5, 0.6) is 5.75 Å². The first-order valence-electron chi connectivity index (χ1n) is 12.1. The standard InChI is InChI=1S/C28H30N4O3S/c1-17(2)34-24-13-12-18(14-20(24)15-29)25-31-32-26(36-25)23-11-7-9-21-19(8-6-10-22(21)23)16-30-27(33)35-28(3,4)5/h7,9,11-14,16-17,19H,6,8,10H2,1-5H3. The van der Waals surface area contributed by atoms with E-state index in [1.54, 1.807) is 12.3 Å². The van der Waals surface area contributed by atoms with Crippen LogP contribution < -0.4 is 4.74 Å². The van der Waals surface area contributed by atoms with E-state index < -0.39 is 11.7 Å².